The highest BCUT2D eigenvalue weighted by molar-refractivity contribution is 7.12. The molecule has 3 rings (SSSR count). The normalized spacial score (nSPS) is 16.5. The molecule has 1 atom stereocenters. The van der Waals surface area contributed by atoms with E-state index in [1.165, 1.54) is 11.8 Å². The Morgan fingerprint density at radius 3 is 2.74 bits per heavy atom. The van der Waals surface area contributed by atoms with E-state index in [4.69, 9.17) is 4.74 Å². The molecule has 0 fully saturated rings. The van der Waals surface area contributed by atoms with Gasteiger partial charge in [-0.25, -0.2) is 5.01 Å². The summed E-state index contributed by atoms with van der Waals surface area (Å²) in [4.78, 5) is 28.7. The van der Waals surface area contributed by atoms with Gasteiger partial charge in [0.25, 0.3) is 5.91 Å². The molecule has 0 radical (unpaired) electrons. The molecule has 27 heavy (non-hydrogen) atoms. The van der Waals surface area contributed by atoms with E-state index in [0.717, 1.165) is 21.0 Å². The molecule has 2 aromatic rings. The Bertz CT molecular complexity index is 829. The van der Waals surface area contributed by atoms with Crippen molar-refractivity contribution < 1.29 is 14.3 Å². The molecule has 3 heterocycles. The molecule has 2 amide bonds. The van der Waals surface area contributed by atoms with Crippen LogP contribution in [0.5, 0.6) is 0 Å². The Kier molecular flexibility index (Phi) is 6.41. The first-order chi connectivity index (χ1) is 13.0. The Balaban J connectivity index is 1.84. The molecule has 6 nitrogen and oxygen atoms in total. The molecule has 0 unspecified atom stereocenters. The number of methoxy groups -OCH3 is 1. The third-order valence-electron chi connectivity index (χ3n) is 4.51. The molecular formula is C19H23N3O3S2. The number of hydrogen-bond donors (Lipinski definition) is 0. The Labute approximate surface area is 167 Å². The van der Waals surface area contributed by atoms with Gasteiger partial charge in [0.15, 0.2) is 0 Å². The van der Waals surface area contributed by atoms with Gasteiger partial charge >= 0.3 is 0 Å². The van der Waals surface area contributed by atoms with Gasteiger partial charge in [0, 0.05) is 31.9 Å². The number of carbonyl (C=O) groups is 2. The van der Waals surface area contributed by atoms with Crippen LogP contribution in [0.25, 0.3) is 0 Å². The van der Waals surface area contributed by atoms with E-state index >= 15 is 0 Å². The molecule has 0 saturated heterocycles. The van der Waals surface area contributed by atoms with Crippen LogP contribution in [0, 0.1) is 6.92 Å². The van der Waals surface area contributed by atoms with Crippen LogP contribution in [0.4, 0.5) is 0 Å². The number of nitrogens with zero attached hydrogens (tertiary/aromatic N) is 3. The maximum Gasteiger partial charge on any atom is 0.262 e. The highest BCUT2D eigenvalue weighted by atomic mass is 32.1. The zero-order valence-corrected chi connectivity index (χ0v) is 17.3. The second-order valence-corrected chi connectivity index (χ2v) is 8.28. The van der Waals surface area contributed by atoms with Gasteiger partial charge in [-0.2, -0.15) is 5.10 Å². The van der Waals surface area contributed by atoms with Crippen LogP contribution in [-0.4, -0.2) is 54.2 Å². The second kappa shape index (κ2) is 8.77. The van der Waals surface area contributed by atoms with Crippen molar-refractivity contribution in [3.8, 4) is 0 Å². The van der Waals surface area contributed by atoms with Crippen LogP contribution in [-0.2, 0) is 14.3 Å². The van der Waals surface area contributed by atoms with E-state index < -0.39 is 0 Å². The first-order valence-electron chi connectivity index (χ1n) is 8.73. The molecule has 2 aromatic heterocycles. The third kappa shape index (κ3) is 4.45. The Morgan fingerprint density at radius 1 is 1.33 bits per heavy atom. The molecule has 0 spiro atoms. The van der Waals surface area contributed by atoms with E-state index in [1.807, 2.05) is 22.9 Å². The van der Waals surface area contributed by atoms with Crippen molar-refractivity contribution in [1.82, 2.24) is 9.91 Å². The van der Waals surface area contributed by atoms with Crippen molar-refractivity contribution in [2.45, 2.75) is 26.3 Å². The maximum absolute atomic E-state index is 13.0. The van der Waals surface area contributed by atoms with Gasteiger partial charge < -0.3 is 9.64 Å². The minimum atomic E-state index is -0.175. The maximum atomic E-state index is 13.0. The second-order valence-electron chi connectivity index (χ2n) is 6.38. The van der Waals surface area contributed by atoms with Gasteiger partial charge in [0.05, 0.1) is 23.2 Å². The largest absolute Gasteiger partial charge is 0.383 e. The molecule has 144 valence electrons. The number of ether oxygens (including phenoxy) is 1. The number of hydrazone groups is 1. The lowest BCUT2D eigenvalue weighted by Crippen LogP contribution is -2.41. The summed E-state index contributed by atoms with van der Waals surface area (Å²) in [5.41, 5.74) is 2.08. The summed E-state index contributed by atoms with van der Waals surface area (Å²) in [6.45, 7) is 4.30. The minimum Gasteiger partial charge on any atom is -0.383 e. The molecule has 1 aliphatic heterocycles. The van der Waals surface area contributed by atoms with Crippen molar-refractivity contribution in [3.05, 3.63) is 44.3 Å². The van der Waals surface area contributed by atoms with E-state index in [9.17, 15) is 9.59 Å². The first-order valence-corrected chi connectivity index (χ1v) is 10.5. The van der Waals surface area contributed by atoms with Gasteiger partial charge in [0.2, 0.25) is 5.91 Å². The SMILES string of the molecule is COCCN(CC(=O)N1N=C(c2cccs2)C[C@@H]1c1sccc1C)C(C)=O. The number of aryl methyl sites for hydroxylation is 1. The number of carbonyl (C=O) groups excluding carboxylic acids is 2. The molecule has 0 saturated carbocycles. The zero-order valence-electron chi connectivity index (χ0n) is 15.7. The quantitative estimate of drug-likeness (QED) is 0.710. The predicted molar refractivity (Wildman–Crippen MR) is 108 cm³/mol. The van der Waals surface area contributed by atoms with Crippen molar-refractivity contribution >= 4 is 40.2 Å². The van der Waals surface area contributed by atoms with Gasteiger partial charge in [-0.15, -0.1) is 22.7 Å². The molecule has 8 heteroatoms. The lowest BCUT2D eigenvalue weighted by molar-refractivity contribution is -0.141. The van der Waals surface area contributed by atoms with Crippen LogP contribution in [0.1, 0.15) is 34.7 Å². The molecule has 0 aliphatic carbocycles. The predicted octanol–water partition coefficient (Wildman–Crippen LogP) is 3.29. The number of thiophene rings is 2. The fourth-order valence-corrected chi connectivity index (χ4v) is 4.78. The standard InChI is InChI=1S/C19H23N3O3S2/c1-13-6-10-27-19(13)16-11-15(17-5-4-9-26-17)20-22(16)18(24)12-21(14(2)23)7-8-25-3/h4-6,9-10,16H,7-8,11-12H2,1-3H3/t16-/m1/s1. The third-order valence-corrected chi connectivity index (χ3v) is 6.55. The van der Waals surface area contributed by atoms with Crippen molar-refractivity contribution in [2.75, 3.05) is 26.8 Å². The summed E-state index contributed by atoms with van der Waals surface area (Å²) in [6, 6.07) is 5.95. The lowest BCUT2D eigenvalue weighted by Gasteiger charge is -2.26. The van der Waals surface area contributed by atoms with E-state index in [2.05, 4.69) is 18.1 Å². The summed E-state index contributed by atoms with van der Waals surface area (Å²) in [6.07, 6.45) is 0.686. The van der Waals surface area contributed by atoms with Gasteiger partial charge in [0.1, 0.15) is 6.54 Å². The van der Waals surface area contributed by atoms with E-state index in [0.29, 0.717) is 19.6 Å². The summed E-state index contributed by atoms with van der Waals surface area (Å²) < 4.78 is 5.05. The van der Waals surface area contributed by atoms with Gasteiger partial charge in [-0.05, 0) is 35.4 Å². The Hall–Kier alpha value is -2.03. The number of rotatable bonds is 7. The summed E-state index contributed by atoms with van der Waals surface area (Å²) in [7, 11) is 1.58. The van der Waals surface area contributed by atoms with Crippen molar-refractivity contribution in [3.63, 3.8) is 0 Å². The number of hydrogen-bond acceptors (Lipinski definition) is 6. The topological polar surface area (TPSA) is 62.2 Å². The van der Waals surface area contributed by atoms with Crippen LogP contribution in [0.3, 0.4) is 0 Å². The number of amides is 2. The van der Waals surface area contributed by atoms with Crippen molar-refractivity contribution in [1.29, 1.82) is 0 Å². The lowest BCUT2D eigenvalue weighted by atomic mass is 10.1. The summed E-state index contributed by atoms with van der Waals surface area (Å²) >= 11 is 3.26. The summed E-state index contributed by atoms with van der Waals surface area (Å²) in [5.74, 6) is -0.323. The van der Waals surface area contributed by atoms with Crippen LogP contribution < -0.4 is 0 Å². The molecule has 0 aromatic carbocycles. The van der Waals surface area contributed by atoms with Crippen molar-refractivity contribution in [2.24, 2.45) is 5.10 Å². The average Bonchev–Trinajstić information content (AvgIpc) is 3.37. The Morgan fingerprint density at radius 2 is 2.15 bits per heavy atom. The fourth-order valence-electron chi connectivity index (χ4n) is 3.05. The smallest absolute Gasteiger partial charge is 0.262 e. The van der Waals surface area contributed by atoms with Gasteiger partial charge in [-0.1, -0.05) is 6.07 Å². The van der Waals surface area contributed by atoms with Crippen LogP contribution in [0.2, 0.25) is 0 Å². The van der Waals surface area contributed by atoms with Crippen LogP contribution >= 0.6 is 22.7 Å². The van der Waals surface area contributed by atoms with E-state index in [-0.39, 0.29) is 24.4 Å². The van der Waals surface area contributed by atoms with E-state index in [1.54, 1.807) is 34.8 Å². The zero-order chi connectivity index (χ0) is 19.4. The highest BCUT2D eigenvalue weighted by Gasteiger charge is 2.35. The highest BCUT2D eigenvalue weighted by Crippen LogP contribution is 2.37. The first kappa shape index (κ1) is 19.7. The fraction of sp³-hybridized carbons (Fsp3) is 0.421. The summed E-state index contributed by atoms with van der Waals surface area (Å²) in [5, 5.41) is 10.3. The molecule has 0 N–H and O–H groups in total. The van der Waals surface area contributed by atoms with Crippen LogP contribution in [0.15, 0.2) is 34.1 Å². The van der Waals surface area contributed by atoms with Gasteiger partial charge in [-0.3, -0.25) is 9.59 Å². The minimum absolute atomic E-state index is 0.000830. The molecule has 0 bridgehead atoms. The average molecular weight is 406 g/mol. The monoisotopic (exact) mass is 405 g/mol. The molecular weight excluding hydrogens is 382 g/mol. The molecule has 1 aliphatic rings.